The van der Waals surface area contributed by atoms with Gasteiger partial charge >= 0.3 is 6.03 Å². The monoisotopic (exact) mass is 268 g/mol. The lowest BCUT2D eigenvalue weighted by atomic mass is 10.1. The van der Waals surface area contributed by atoms with E-state index < -0.39 is 0 Å². The maximum absolute atomic E-state index is 11.5. The van der Waals surface area contributed by atoms with Crippen LogP contribution in [0.5, 0.6) is 17.2 Å². The number of carbonyl (C=O) groups is 1. The Labute approximate surface area is 113 Å². The van der Waals surface area contributed by atoms with E-state index in [9.17, 15) is 4.79 Å². The number of urea groups is 1. The summed E-state index contributed by atoms with van der Waals surface area (Å²) in [5, 5.41) is 2.56. The van der Waals surface area contributed by atoms with Crippen molar-refractivity contribution in [1.82, 2.24) is 10.2 Å². The van der Waals surface area contributed by atoms with Crippen LogP contribution in [0.15, 0.2) is 12.1 Å². The SMILES string of the molecule is CNC(=O)N(C)Cc1cc(OC)c(OC)c(OC)c1. The normalized spacial score (nSPS) is 9.74. The van der Waals surface area contributed by atoms with Gasteiger partial charge in [0.1, 0.15) is 0 Å². The second kappa shape index (κ2) is 6.72. The third kappa shape index (κ3) is 3.43. The summed E-state index contributed by atoms with van der Waals surface area (Å²) < 4.78 is 15.8. The molecule has 0 spiro atoms. The highest BCUT2D eigenvalue weighted by molar-refractivity contribution is 5.73. The molecule has 1 rings (SSSR count). The Morgan fingerprint density at radius 2 is 1.68 bits per heavy atom. The number of methoxy groups -OCH3 is 3. The van der Waals surface area contributed by atoms with Crippen molar-refractivity contribution in [1.29, 1.82) is 0 Å². The number of amides is 2. The summed E-state index contributed by atoms with van der Waals surface area (Å²) in [4.78, 5) is 13.0. The largest absolute Gasteiger partial charge is 0.493 e. The molecule has 0 aliphatic rings. The summed E-state index contributed by atoms with van der Waals surface area (Å²) in [7, 11) is 7.97. The van der Waals surface area contributed by atoms with Gasteiger partial charge in [-0.2, -0.15) is 0 Å². The standard InChI is InChI=1S/C13H20N2O4/c1-14-13(16)15(2)8-9-6-10(17-3)12(19-5)11(7-9)18-4/h6-7H,8H2,1-5H3,(H,14,16). The number of benzene rings is 1. The first kappa shape index (κ1) is 14.9. The van der Waals surface area contributed by atoms with Gasteiger partial charge in [0.2, 0.25) is 5.75 Å². The average molecular weight is 268 g/mol. The zero-order valence-electron chi connectivity index (χ0n) is 11.9. The van der Waals surface area contributed by atoms with Crippen molar-refractivity contribution in [3.8, 4) is 17.2 Å². The smallest absolute Gasteiger partial charge is 0.317 e. The van der Waals surface area contributed by atoms with Crippen molar-refractivity contribution >= 4 is 6.03 Å². The van der Waals surface area contributed by atoms with E-state index in [4.69, 9.17) is 14.2 Å². The van der Waals surface area contributed by atoms with Gasteiger partial charge in [0.05, 0.1) is 21.3 Å². The first-order valence-electron chi connectivity index (χ1n) is 5.79. The number of nitrogens with one attached hydrogen (secondary N) is 1. The molecule has 0 radical (unpaired) electrons. The fourth-order valence-corrected chi connectivity index (χ4v) is 1.76. The Hall–Kier alpha value is -2.11. The van der Waals surface area contributed by atoms with Crippen LogP contribution in [0, 0.1) is 0 Å². The van der Waals surface area contributed by atoms with E-state index in [0.29, 0.717) is 23.8 Å². The lowest BCUT2D eigenvalue weighted by molar-refractivity contribution is 0.209. The number of rotatable bonds is 5. The predicted octanol–water partition coefficient (Wildman–Crippen LogP) is 1.48. The van der Waals surface area contributed by atoms with Crippen molar-refractivity contribution in [3.05, 3.63) is 17.7 Å². The molecule has 106 valence electrons. The third-order valence-electron chi connectivity index (χ3n) is 2.70. The fourth-order valence-electron chi connectivity index (χ4n) is 1.76. The van der Waals surface area contributed by atoms with Crippen molar-refractivity contribution in [2.45, 2.75) is 6.54 Å². The van der Waals surface area contributed by atoms with Crippen LogP contribution in [0.4, 0.5) is 4.79 Å². The maximum Gasteiger partial charge on any atom is 0.317 e. The van der Waals surface area contributed by atoms with Crippen molar-refractivity contribution in [2.75, 3.05) is 35.4 Å². The van der Waals surface area contributed by atoms with Gasteiger partial charge in [-0.1, -0.05) is 0 Å². The van der Waals surface area contributed by atoms with Gasteiger partial charge in [-0.15, -0.1) is 0 Å². The van der Waals surface area contributed by atoms with Gasteiger partial charge in [0.25, 0.3) is 0 Å². The highest BCUT2D eigenvalue weighted by Gasteiger charge is 2.15. The van der Waals surface area contributed by atoms with E-state index in [1.807, 2.05) is 12.1 Å². The number of nitrogens with zero attached hydrogens (tertiary/aromatic N) is 1. The minimum Gasteiger partial charge on any atom is -0.493 e. The molecule has 0 fully saturated rings. The molecule has 2 amide bonds. The molecule has 6 nitrogen and oxygen atoms in total. The Morgan fingerprint density at radius 3 is 2.05 bits per heavy atom. The van der Waals surface area contributed by atoms with E-state index >= 15 is 0 Å². The van der Waals surface area contributed by atoms with Crippen LogP contribution in [0.25, 0.3) is 0 Å². The minimum atomic E-state index is -0.159. The zero-order valence-corrected chi connectivity index (χ0v) is 11.9. The quantitative estimate of drug-likeness (QED) is 0.878. The van der Waals surface area contributed by atoms with E-state index in [2.05, 4.69) is 5.32 Å². The Balaban J connectivity index is 3.06. The second-order valence-corrected chi connectivity index (χ2v) is 3.94. The molecule has 0 unspecified atom stereocenters. The maximum atomic E-state index is 11.5. The summed E-state index contributed by atoms with van der Waals surface area (Å²) in [6.45, 7) is 0.441. The topological polar surface area (TPSA) is 60.0 Å². The third-order valence-corrected chi connectivity index (χ3v) is 2.70. The molecule has 0 aliphatic carbocycles. The molecular weight excluding hydrogens is 248 g/mol. The van der Waals surface area contributed by atoms with Crippen LogP contribution in [-0.4, -0.2) is 46.4 Å². The first-order chi connectivity index (χ1) is 9.07. The summed E-state index contributed by atoms with van der Waals surface area (Å²) >= 11 is 0. The van der Waals surface area contributed by atoms with Crippen LogP contribution < -0.4 is 19.5 Å². The van der Waals surface area contributed by atoms with Gasteiger partial charge < -0.3 is 24.4 Å². The van der Waals surface area contributed by atoms with Gasteiger partial charge in [-0.25, -0.2) is 4.79 Å². The van der Waals surface area contributed by atoms with E-state index in [-0.39, 0.29) is 6.03 Å². The minimum absolute atomic E-state index is 0.159. The highest BCUT2D eigenvalue weighted by Crippen LogP contribution is 2.38. The van der Waals surface area contributed by atoms with Gasteiger partial charge in [0, 0.05) is 20.6 Å². The van der Waals surface area contributed by atoms with Crippen LogP contribution in [0.3, 0.4) is 0 Å². The van der Waals surface area contributed by atoms with E-state index in [0.717, 1.165) is 5.56 Å². The molecule has 6 heteroatoms. The van der Waals surface area contributed by atoms with Crippen LogP contribution >= 0.6 is 0 Å². The first-order valence-corrected chi connectivity index (χ1v) is 5.79. The zero-order chi connectivity index (χ0) is 14.4. The molecule has 0 saturated carbocycles. The summed E-state index contributed by atoms with van der Waals surface area (Å²) in [5.41, 5.74) is 0.889. The lowest BCUT2D eigenvalue weighted by Gasteiger charge is -2.19. The molecule has 19 heavy (non-hydrogen) atoms. The van der Waals surface area contributed by atoms with E-state index in [1.54, 1.807) is 40.3 Å². The van der Waals surface area contributed by atoms with Crippen molar-refractivity contribution < 1.29 is 19.0 Å². The predicted molar refractivity (Wildman–Crippen MR) is 72.0 cm³/mol. The van der Waals surface area contributed by atoms with Gasteiger partial charge in [-0.3, -0.25) is 0 Å². The second-order valence-electron chi connectivity index (χ2n) is 3.94. The average Bonchev–Trinajstić information content (AvgIpc) is 2.44. The highest BCUT2D eigenvalue weighted by atomic mass is 16.5. The number of ether oxygens (including phenoxy) is 3. The molecular formula is C13H20N2O4. The Kier molecular flexibility index (Phi) is 5.29. The molecule has 0 bridgehead atoms. The molecule has 1 N–H and O–H groups in total. The number of hydrogen-bond acceptors (Lipinski definition) is 4. The molecule has 1 aromatic rings. The molecule has 0 aromatic heterocycles. The molecule has 0 aliphatic heterocycles. The van der Waals surface area contributed by atoms with Crippen LogP contribution in [0.1, 0.15) is 5.56 Å². The fraction of sp³-hybridized carbons (Fsp3) is 0.462. The Morgan fingerprint density at radius 1 is 1.16 bits per heavy atom. The number of hydrogen-bond donors (Lipinski definition) is 1. The summed E-state index contributed by atoms with van der Waals surface area (Å²) in [6, 6.07) is 3.48. The van der Waals surface area contributed by atoms with Crippen LogP contribution in [-0.2, 0) is 6.54 Å². The molecule has 1 aromatic carbocycles. The molecule has 0 heterocycles. The Bertz CT molecular complexity index is 423. The summed E-state index contributed by atoms with van der Waals surface area (Å²) in [6.07, 6.45) is 0. The van der Waals surface area contributed by atoms with Crippen molar-refractivity contribution in [2.24, 2.45) is 0 Å². The molecule has 0 atom stereocenters. The van der Waals surface area contributed by atoms with E-state index in [1.165, 1.54) is 0 Å². The molecule has 0 saturated heterocycles. The van der Waals surface area contributed by atoms with Crippen molar-refractivity contribution in [3.63, 3.8) is 0 Å². The number of carbonyl (C=O) groups excluding carboxylic acids is 1. The summed E-state index contributed by atoms with van der Waals surface area (Å²) in [5.74, 6) is 1.68. The van der Waals surface area contributed by atoms with Gasteiger partial charge in [-0.05, 0) is 17.7 Å². The lowest BCUT2D eigenvalue weighted by Crippen LogP contribution is -2.34. The van der Waals surface area contributed by atoms with Crippen LogP contribution in [0.2, 0.25) is 0 Å². The van der Waals surface area contributed by atoms with Gasteiger partial charge in [0.15, 0.2) is 11.5 Å².